The normalized spacial score (nSPS) is 10.9. The van der Waals surface area contributed by atoms with Gasteiger partial charge in [-0.05, 0) is 34.1 Å². The summed E-state index contributed by atoms with van der Waals surface area (Å²) in [6.45, 7) is 4.35. The van der Waals surface area contributed by atoms with Crippen molar-refractivity contribution in [3.63, 3.8) is 0 Å². The lowest BCUT2D eigenvalue weighted by atomic mass is 10.0. The van der Waals surface area contributed by atoms with Gasteiger partial charge in [-0.25, -0.2) is 9.97 Å². The van der Waals surface area contributed by atoms with E-state index in [2.05, 4.69) is 58.5 Å². The van der Waals surface area contributed by atoms with Gasteiger partial charge in [0.15, 0.2) is 5.82 Å². The molecule has 0 amide bonds. The molecule has 1 heterocycles. The van der Waals surface area contributed by atoms with Crippen LogP contribution in [0.5, 0.6) is 0 Å². The van der Waals surface area contributed by atoms with Crippen LogP contribution in [-0.4, -0.2) is 9.97 Å². The SMILES string of the molecule is CC(C)c1ccc(-c2ncc(I)c(Cl)n2)cc1. The van der Waals surface area contributed by atoms with Gasteiger partial charge in [-0.1, -0.05) is 49.7 Å². The first-order chi connectivity index (χ1) is 8.08. The van der Waals surface area contributed by atoms with Crippen molar-refractivity contribution in [1.82, 2.24) is 9.97 Å². The Kier molecular flexibility index (Phi) is 3.99. The maximum Gasteiger partial charge on any atom is 0.160 e. The van der Waals surface area contributed by atoms with E-state index in [-0.39, 0.29) is 0 Å². The minimum Gasteiger partial charge on any atom is -0.235 e. The summed E-state index contributed by atoms with van der Waals surface area (Å²) in [6.07, 6.45) is 1.74. The van der Waals surface area contributed by atoms with Gasteiger partial charge in [-0.15, -0.1) is 0 Å². The Balaban J connectivity index is 2.36. The largest absolute Gasteiger partial charge is 0.235 e. The molecular formula is C13H12ClIN2. The molecule has 2 aromatic rings. The standard InChI is InChI=1S/C13H12ClIN2/c1-8(2)9-3-5-10(6-4-9)13-16-7-11(15)12(14)17-13/h3-8H,1-2H3. The number of hydrogen-bond donors (Lipinski definition) is 0. The molecule has 2 nitrogen and oxygen atoms in total. The predicted molar refractivity (Wildman–Crippen MR) is 79.3 cm³/mol. The number of nitrogens with zero attached hydrogens (tertiary/aromatic N) is 2. The molecule has 17 heavy (non-hydrogen) atoms. The van der Waals surface area contributed by atoms with Crippen LogP contribution in [-0.2, 0) is 0 Å². The summed E-state index contributed by atoms with van der Waals surface area (Å²) in [5.74, 6) is 1.20. The Bertz CT molecular complexity index is 523. The van der Waals surface area contributed by atoms with Gasteiger partial charge in [0.05, 0.1) is 3.57 Å². The summed E-state index contributed by atoms with van der Waals surface area (Å²) >= 11 is 8.10. The van der Waals surface area contributed by atoms with Crippen molar-refractivity contribution in [3.05, 3.63) is 44.7 Å². The molecule has 0 fully saturated rings. The van der Waals surface area contributed by atoms with Gasteiger partial charge in [0.1, 0.15) is 5.15 Å². The smallest absolute Gasteiger partial charge is 0.160 e. The number of halogens is 2. The molecule has 0 spiro atoms. The van der Waals surface area contributed by atoms with Crippen LogP contribution < -0.4 is 0 Å². The van der Waals surface area contributed by atoms with Gasteiger partial charge >= 0.3 is 0 Å². The lowest BCUT2D eigenvalue weighted by molar-refractivity contribution is 0.867. The Morgan fingerprint density at radius 1 is 1.18 bits per heavy atom. The van der Waals surface area contributed by atoms with Crippen LogP contribution in [0.15, 0.2) is 30.5 Å². The molecule has 1 aromatic heterocycles. The van der Waals surface area contributed by atoms with E-state index in [0.29, 0.717) is 16.9 Å². The highest BCUT2D eigenvalue weighted by Crippen LogP contribution is 2.22. The van der Waals surface area contributed by atoms with Crippen LogP contribution in [0.25, 0.3) is 11.4 Å². The van der Waals surface area contributed by atoms with Gasteiger partial charge < -0.3 is 0 Å². The molecule has 0 aliphatic heterocycles. The minimum atomic E-state index is 0.503. The Morgan fingerprint density at radius 2 is 1.82 bits per heavy atom. The van der Waals surface area contributed by atoms with E-state index in [9.17, 15) is 0 Å². The second-order valence-corrected chi connectivity index (χ2v) is 5.63. The second kappa shape index (κ2) is 5.31. The first kappa shape index (κ1) is 12.8. The number of aromatic nitrogens is 2. The quantitative estimate of drug-likeness (QED) is 0.582. The minimum absolute atomic E-state index is 0.503. The Morgan fingerprint density at radius 3 is 2.35 bits per heavy atom. The molecule has 0 saturated carbocycles. The summed E-state index contributed by atoms with van der Waals surface area (Å²) in [4.78, 5) is 8.55. The van der Waals surface area contributed by atoms with Crippen LogP contribution in [0.3, 0.4) is 0 Å². The highest BCUT2D eigenvalue weighted by atomic mass is 127. The van der Waals surface area contributed by atoms with E-state index >= 15 is 0 Å². The van der Waals surface area contributed by atoms with Crippen molar-refractivity contribution in [1.29, 1.82) is 0 Å². The van der Waals surface area contributed by atoms with Gasteiger partial charge in [0, 0.05) is 11.8 Å². The van der Waals surface area contributed by atoms with E-state index in [1.807, 2.05) is 12.1 Å². The van der Waals surface area contributed by atoms with E-state index in [0.717, 1.165) is 9.13 Å². The van der Waals surface area contributed by atoms with Crippen molar-refractivity contribution in [2.24, 2.45) is 0 Å². The van der Waals surface area contributed by atoms with Gasteiger partial charge in [0.25, 0.3) is 0 Å². The zero-order chi connectivity index (χ0) is 12.4. The lowest BCUT2D eigenvalue weighted by Gasteiger charge is -2.06. The topological polar surface area (TPSA) is 25.8 Å². The third-order valence-electron chi connectivity index (χ3n) is 2.54. The molecule has 2 rings (SSSR count). The molecule has 0 aliphatic rings. The fourth-order valence-corrected chi connectivity index (χ4v) is 1.89. The highest BCUT2D eigenvalue weighted by molar-refractivity contribution is 14.1. The van der Waals surface area contributed by atoms with Gasteiger partial charge in [0.2, 0.25) is 0 Å². The summed E-state index contributed by atoms with van der Waals surface area (Å²) in [5.41, 5.74) is 2.30. The fraction of sp³-hybridized carbons (Fsp3) is 0.231. The Labute approximate surface area is 120 Å². The molecule has 88 valence electrons. The van der Waals surface area contributed by atoms with Gasteiger partial charge in [-0.2, -0.15) is 0 Å². The molecular weight excluding hydrogens is 347 g/mol. The van der Waals surface area contributed by atoms with E-state index in [1.165, 1.54) is 5.56 Å². The summed E-state index contributed by atoms with van der Waals surface area (Å²) in [7, 11) is 0. The number of hydrogen-bond acceptors (Lipinski definition) is 2. The lowest BCUT2D eigenvalue weighted by Crippen LogP contribution is -1.92. The summed E-state index contributed by atoms with van der Waals surface area (Å²) < 4.78 is 0.867. The third-order valence-corrected chi connectivity index (χ3v) is 3.93. The van der Waals surface area contributed by atoms with Crippen molar-refractivity contribution in [2.75, 3.05) is 0 Å². The first-order valence-corrected chi connectivity index (χ1v) is 6.82. The summed E-state index contributed by atoms with van der Waals surface area (Å²) in [5, 5.41) is 0.503. The molecule has 0 radical (unpaired) electrons. The average molecular weight is 359 g/mol. The zero-order valence-corrected chi connectivity index (χ0v) is 12.5. The number of benzene rings is 1. The number of rotatable bonds is 2. The molecule has 0 aliphatic carbocycles. The van der Waals surface area contributed by atoms with Crippen LogP contribution in [0.4, 0.5) is 0 Å². The molecule has 0 saturated heterocycles. The molecule has 0 bridgehead atoms. The van der Waals surface area contributed by atoms with Crippen molar-refractivity contribution in [2.45, 2.75) is 19.8 Å². The van der Waals surface area contributed by atoms with Crippen LogP contribution >= 0.6 is 34.2 Å². The van der Waals surface area contributed by atoms with Crippen LogP contribution in [0, 0.1) is 3.57 Å². The zero-order valence-electron chi connectivity index (χ0n) is 9.61. The third kappa shape index (κ3) is 2.96. The van der Waals surface area contributed by atoms with Crippen LogP contribution in [0.1, 0.15) is 25.3 Å². The van der Waals surface area contributed by atoms with E-state index < -0.39 is 0 Å². The van der Waals surface area contributed by atoms with Crippen molar-refractivity contribution in [3.8, 4) is 11.4 Å². The first-order valence-electron chi connectivity index (χ1n) is 5.36. The maximum atomic E-state index is 5.99. The molecule has 0 unspecified atom stereocenters. The maximum absolute atomic E-state index is 5.99. The van der Waals surface area contributed by atoms with E-state index in [1.54, 1.807) is 6.20 Å². The predicted octanol–water partition coefficient (Wildman–Crippen LogP) is 4.53. The van der Waals surface area contributed by atoms with Crippen molar-refractivity contribution >= 4 is 34.2 Å². The highest BCUT2D eigenvalue weighted by Gasteiger charge is 2.06. The van der Waals surface area contributed by atoms with Crippen molar-refractivity contribution < 1.29 is 0 Å². The average Bonchev–Trinajstić information content (AvgIpc) is 2.33. The molecule has 0 atom stereocenters. The van der Waals surface area contributed by atoms with Crippen LogP contribution in [0.2, 0.25) is 5.15 Å². The van der Waals surface area contributed by atoms with E-state index in [4.69, 9.17) is 11.6 Å². The molecule has 1 aromatic carbocycles. The second-order valence-electron chi connectivity index (χ2n) is 4.11. The monoisotopic (exact) mass is 358 g/mol. The van der Waals surface area contributed by atoms with Gasteiger partial charge in [-0.3, -0.25) is 0 Å². The fourth-order valence-electron chi connectivity index (χ4n) is 1.50. The Hall–Kier alpha value is -0.680. The molecule has 0 N–H and O–H groups in total. The molecule has 4 heteroatoms. The summed E-state index contributed by atoms with van der Waals surface area (Å²) in [6, 6.07) is 8.28.